The average molecular weight is 285 g/mol. The molecule has 4 heteroatoms. The second-order valence-electron chi connectivity index (χ2n) is 6.90. The van der Waals surface area contributed by atoms with E-state index in [1.807, 2.05) is 24.4 Å². The van der Waals surface area contributed by atoms with Crippen molar-refractivity contribution in [3.63, 3.8) is 0 Å². The summed E-state index contributed by atoms with van der Waals surface area (Å²) in [5.74, 6) is 0.918. The van der Waals surface area contributed by atoms with Crippen LogP contribution in [0.2, 0.25) is 0 Å². The number of pyridine rings is 1. The van der Waals surface area contributed by atoms with Crippen molar-refractivity contribution in [1.29, 1.82) is 0 Å². The Morgan fingerprint density at radius 3 is 2.95 bits per heavy atom. The summed E-state index contributed by atoms with van der Waals surface area (Å²) in [5.41, 5.74) is 2.33. The Balaban J connectivity index is 1.65. The highest BCUT2D eigenvalue weighted by atomic mass is 16.5. The molecule has 1 unspecified atom stereocenters. The van der Waals surface area contributed by atoms with Crippen LogP contribution >= 0.6 is 0 Å². The molecule has 4 nitrogen and oxygen atoms in total. The minimum Gasteiger partial charge on any atom is -0.359 e. The Bertz CT molecular complexity index is 591. The molecular formula is C17H23N3O. The van der Waals surface area contributed by atoms with Crippen molar-refractivity contribution >= 4 is 0 Å². The van der Waals surface area contributed by atoms with Gasteiger partial charge >= 0.3 is 0 Å². The third-order valence-electron chi connectivity index (χ3n) is 4.49. The lowest BCUT2D eigenvalue weighted by atomic mass is 9.91. The van der Waals surface area contributed by atoms with Gasteiger partial charge in [-0.2, -0.15) is 0 Å². The fourth-order valence-electron chi connectivity index (χ4n) is 3.19. The SMILES string of the molecule is CN(Cc1cc(-c2cccnc2)no1)C1CCC(C)(C)C1. The van der Waals surface area contributed by atoms with Crippen molar-refractivity contribution in [3.05, 3.63) is 36.4 Å². The molecule has 1 fully saturated rings. The van der Waals surface area contributed by atoms with Crippen LogP contribution < -0.4 is 0 Å². The maximum Gasteiger partial charge on any atom is 0.151 e. The van der Waals surface area contributed by atoms with Gasteiger partial charge in [0.2, 0.25) is 0 Å². The standard InChI is InChI=1S/C17H23N3O/c1-17(2)7-6-14(10-17)20(3)12-15-9-16(19-21-15)13-5-4-8-18-11-13/h4-5,8-9,11,14H,6-7,10,12H2,1-3H3. The first-order chi connectivity index (χ1) is 10.0. The molecule has 2 aromatic heterocycles. The zero-order chi connectivity index (χ0) is 14.9. The van der Waals surface area contributed by atoms with Gasteiger partial charge in [0.15, 0.2) is 5.76 Å². The van der Waals surface area contributed by atoms with Crippen molar-refractivity contribution in [2.75, 3.05) is 7.05 Å². The van der Waals surface area contributed by atoms with E-state index in [1.54, 1.807) is 6.20 Å². The molecule has 0 bridgehead atoms. The van der Waals surface area contributed by atoms with Crippen LogP contribution in [0.25, 0.3) is 11.3 Å². The van der Waals surface area contributed by atoms with E-state index in [2.05, 4.69) is 35.9 Å². The predicted octanol–water partition coefficient (Wildman–Crippen LogP) is 3.75. The molecule has 0 saturated heterocycles. The zero-order valence-electron chi connectivity index (χ0n) is 13.0. The van der Waals surface area contributed by atoms with Crippen LogP contribution in [-0.4, -0.2) is 28.1 Å². The van der Waals surface area contributed by atoms with Gasteiger partial charge in [-0.05, 0) is 43.9 Å². The van der Waals surface area contributed by atoms with Gasteiger partial charge < -0.3 is 4.52 Å². The van der Waals surface area contributed by atoms with E-state index in [-0.39, 0.29) is 0 Å². The van der Waals surface area contributed by atoms with Crippen LogP contribution in [0.15, 0.2) is 35.1 Å². The Morgan fingerprint density at radius 1 is 1.43 bits per heavy atom. The molecule has 0 aromatic carbocycles. The summed E-state index contributed by atoms with van der Waals surface area (Å²) in [5, 5.41) is 4.15. The number of hydrogen-bond donors (Lipinski definition) is 0. The first kappa shape index (κ1) is 14.3. The molecule has 112 valence electrons. The van der Waals surface area contributed by atoms with Crippen LogP contribution in [0, 0.1) is 5.41 Å². The third kappa shape index (κ3) is 3.32. The number of rotatable bonds is 4. The Hall–Kier alpha value is -1.68. The third-order valence-corrected chi connectivity index (χ3v) is 4.49. The topological polar surface area (TPSA) is 42.2 Å². The number of aromatic nitrogens is 2. The lowest BCUT2D eigenvalue weighted by molar-refractivity contribution is 0.197. The maximum atomic E-state index is 5.48. The molecular weight excluding hydrogens is 262 g/mol. The summed E-state index contributed by atoms with van der Waals surface area (Å²) < 4.78 is 5.48. The van der Waals surface area contributed by atoms with Gasteiger partial charge in [0.25, 0.3) is 0 Å². The molecule has 1 aliphatic rings. The van der Waals surface area contributed by atoms with Gasteiger partial charge in [0, 0.05) is 30.1 Å². The van der Waals surface area contributed by atoms with Gasteiger partial charge in [0.05, 0.1) is 6.54 Å². The van der Waals surface area contributed by atoms with Crippen molar-refractivity contribution in [3.8, 4) is 11.3 Å². The molecule has 1 aliphatic carbocycles. The molecule has 0 aliphatic heterocycles. The van der Waals surface area contributed by atoms with Crippen LogP contribution in [0.4, 0.5) is 0 Å². The summed E-state index contributed by atoms with van der Waals surface area (Å²) in [6.45, 7) is 5.53. The van der Waals surface area contributed by atoms with Gasteiger partial charge in [-0.15, -0.1) is 0 Å². The molecule has 0 N–H and O–H groups in total. The largest absolute Gasteiger partial charge is 0.359 e. The second-order valence-corrected chi connectivity index (χ2v) is 6.90. The smallest absolute Gasteiger partial charge is 0.151 e. The summed E-state index contributed by atoms with van der Waals surface area (Å²) in [6, 6.07) is 6.58. The minimum atomic E-state index is 0.473. The number of hydrogen-bond acceptors (Lipinski definition) is 4. The van der Waals surface area contributed by atoms with Gasteiger partial charge in [-0.25, -0.2) is 0 Å². The van der Waals surface area contributed by atoms with Crippen LogP contribution in [0.1, 0.15) is 38.9 Å². The average Bonchev–Trinajstić information content (AvgIpc) is 3.06. The van der Waals surface area contributed by atoms with E-state index in [0.717, 1.165) is 23.6 Å². The van der Waals surface area contributed by atoms with E-state index < -0.39 is 0 Å². The van der Waals surface area contributed by atoms with E-state index in [9.17, 15) is 0 Å². The van der Waals surface area contributed by atoms with Crippen LogP contribution in [-0.2, 0) is 6.54 Å². The highest BCUT2D eigenvalue weighted by Crippen LogP contribution is 2.39. The van der Waals surface area contributed by atoms with E-state index in [1.165, 1.54) is 19.3 Å². The van der Waals surface area contributed by atoms with E-state index in [0.29, 0.717) is 11.5 Å². The first-order valence-corrected chi connectivity index (χ1v) is 7.60. The van der Waals surface area contributed by atoms with E-state index in [4.69, 9.17) is 4.52 Å². The van der Waals surface area contributed by atoms with Crippen LogP contribution in [0.3, 0.4) is 0 Å². The van der Waals surface area contributed by atoms with Crippen molar-refractivity contribution in [1.82, 2.24) is 15.0 Å². The predicted molar refractivity (Wildman–Crippen MR) is 82.6 cm³/mol. The second kappa shape index (κ2) is 5.60. The van der Waals surface area contributed by atoms with Gasteiger partial charge in [0.1, 0.15) is 5.69 Å². The fraction of sp³-hybridized carbons (Fsp3) is 0.529. The summed E-state index contributed by atoms with van der Waals surface area (Å²) in [7, 11) is 2.18. The summed E-state index contributed by atoms with van der Waals surface area (Å²) in [4.78, 5) is 6.51. The van der Waals surface area contributed by atoms with Gasteiger partial charge in [-0.1, -0.05) is 19.0 Å². The lowest BCUT2D eigenvalue weighted by Crippen LogP contribution is -2.29. The highest BCUT2D eigenvalue weighted by Gasteiger charge is 2.33. The Morgan fingerprint density at radius 2 is 2.29 bits per heavy atom. The zero-order valence-corrected chi connectivity index (χ0v) is 13.0. The maximum absolute atomic E-state index is 5.48. The molecule has 1 saturated carbocycles. The molecule has 1 atom stereocenters. The summed E-state index contributed by atoms with van der Waals surface area (Å²) >= 11 is 0. The lowest BCUT2D eigenvalue weighted by Gasteiger charge is -2.24. The normalized spacial score (nSPS) is 21.0. The Labute approximate surface area is 126 Å². The van der Waals surface area contributed by atoms with Crippen LogP contribution in [0.5, 0.6) is 0 Å². The van der Waals surface area contributed by atoms with E-state index >= 15 is 0 Å². The quantitative estimate of drug-likeness (QED) is 0.858. The van der Waals surface area contributed by atoms with Crippen molar-refractivity contribution < 1.29 is 4.52 Å². The van der Waals surface area contributed by atoms with Crippen molar-refractivity contribution in [2.45, 2.75) is 45.7 Å². The Kier molecular flexibility index (Phi) is 3.81. The molecule has 3 rings (SSSR count). The molecule has 21 heavy (non-hydrogen) atoms. The highest BCUT2D eigenvalue weighted by molar-refractivity contribution is 5.57. The first-order valence-electron chi connectivity index (χ1n) is 7.60. The molecule has 2 aromatic rings. The number of nitrogens with zero attached hydrogens (tertiary/aromatic N) is 3. The summed E-state index contributed by atoms with van der Waals surface area (Å²) in [6.07, 6.45) is 7.41. The van der Waals surface area contributed by atoms with Gasteiger partial charge in [-0.3, -0.25) is 9.88 Å². The molecule has 0 spiro atoms. The molecule has 2 heterocycles. The van der Waals surface area contributed by atoms with Crippen molar-refractivity contribution in [2.24, 2.45) is 5.41 Å². The molecule has 0 amide bonds. The minimum absolute atomic E-state index is 0.473. The molecule has 0 radical (unpaired) electrons. The monoisotopic (exact) mass is 285 g/mol. The fourth-order valence-corrected chi connectivity index (χ4v) is 3.19.